The van der Waals surface area contributed by atoms with Gasteiger partial charge in [0, 0.05) is 56.0 Å². The summed E-state index contributed by atoms with van der Waals surface area (Å²) >= 11 is 0. The molecule has 4 nitrogen and oxygen atoms in total. The number of benzene rings is 9. The fraction of sp³-hybridized carbons (Fsp3) is 0. The molecule has 0 amide bonds. The van der Waals surface area contributed by atoms with Crippen LogP contribution in [0.5, 0.6) is 0 Å². The van der Waals surface area contributed by atoms with Gasteiger partial charge < -0.3 is 18.8 Å². The molecular formula is C52H35N3O. The van der Waals surface area contributed by atoms with Crippen LogP contribution >= 0.6 is 0 Å². The summed E-state index contributed by atoms with van der Waals surface area (Å²) in [5.41, 5.74) is 11.7. The average Bonchev–Trinajstić information content (AvgIpc) is 3.82. The van der Waals surface area contributed by atoms with Gasteiger partial charge in [0.05, 0.1) is 16.4 Å². The minimum absolute atomic E-state index is 0.908. The number of anilines is 6. The number of fused-ring (bicyclic) bond motifs is 9. The van der Waals surface area contributed by atoms with Crippen LogP contribution in [0, 0.1) is 0 Å². The second kappa shape index (κ2) is 13.1. The van der Waals surface area contributed by atoms with E-state index in [0.717, 1.165) is 72.8 Å². The lowest BCUT2D eigenvalue weighted by Gasteiger charge is -2.28. The van der Waals surface area contributed by atoms with E-state index in [0.29, 0.717) is 0 Å². The van der Waals surface area contributed by atoms with E-state index in [1.54, 1.807) is 0 Å². The molecule has 0 unspecified atom stereocenters. The molecular weight excluding hydrogens is 683 g/mol. The molecule has 56 heavy (non-hydrogen) atoms. The molecule has 2 heterocycles. The number of rotatable bonds is 7. The Morgan fingerprint density at radius 3 is 1.54 bits per heavy atom. The number of furan rings is 1. The van der Waals surface area contributed by atoms with E-state index >= 15 is 0 Å². The van der Waals surface area contributed by atoms with Crippen LogP contribution in [-0.4, -0.2) is 4.57 Å². The number of hydrogen-bond acceptors (Lipinski definition) is 3. The Kier molecular flexibility index (Phi) is 7.46. The van der Waals surface area contributed by atoms with E-state index in [9.17, 15) is 0 Å². The Hall–Kier alpha value is -7.56. The van der Waals surface area contributed by atoms with E-state index in [1.165, 1.54) is 21.5 Å². The van der Waals surface area contributed by atoms with Gasteiger partial charge in [0.15, 0.2) is 0 Å². The van der Waals surface area contributed by atoms with Gasteiger partial charge in [0.25, 0.3) is 0 Å². The fourth-order valence-corrected chi connectivity index (χ4v) is 8.48. The highest BCUT2D eigenvalue weighted by atomic mass is 16.3. The highest BCUT2D eigenvalue weighted by Gasteiger charge is 2.21. The average molecular weight is 718 g/mol. The van der Waals surface area contributed by atoms with Crippen molar-refractivity contribution in [2.75, 3.05) is 9.80 Å². The maximum atomic E-state index is 6.77. The van der Waals surface area contributed by atoms with Crippen LogP contribution in [0.3, 0.4) is 0 Å². The molecule has 11 aromatic rings. The first-order valence-electron chi connectivity index (χ1n) is 19.0. The van der Waals surface area contributed by atoms with Crippen molar-refractivity contribution in [3.8, 4) is 5.69 Å². The molecule has 264 valence electrons. The van der Waals surface area contributed by atoms with Gasteiger partial charge in [-0.2, -0.15) is 0 Å². The summed E-state index contributed by atoms with van der Waals surface area (Å²) in [6, 6.07) is 75.4. The summed E-state index contributed by atoms with van der Waals surface area (Å²) in [5, 5.41) is 7.02. The Balaban J connectivity index is 1.06. The number of nitrogens with zero attached hydrogens (tertiary/aromatic N) is 3. The third kappa shape index (κ3) is 5.15. The molecule has 0 atom stereocenters. The van der Waals surface area contributed by atoms with E-state index in [-0.39, 0.29) is 0 Å². The monoisotopic (exact) mass is 717 g/mol. The molecule has 11 rings (SSSR count). The minimum atomic E-state index is 0.908. The first kappa shape index (κ1) is 31.9. The van der Waals surface area contributed by atoms with Crippen LogP contribution in [0.4, 0.5) is 34.1 Å². The molecule has 9 aromatic carbocycles. The zero-order valence-electron chi connectivity index (χ0n) is 30.5. The topological polar surface area (TPSA) is 24.6 Å². The van der Waals surface area contributed by atoms with Crippen molar-refractivity contribution in [3.05, 3.63) is 212 Å². The van der Waals surface area contributed by atoms with Crippen LogP contribution < -0.4 is 9.80 Å². The van der Waals surface area contributed by atoms with Gasteiger partial charge in [-0.15, -0.1) is 0 Å². The maximum absolute atomic E-state index is 6.77. The maximum Gasteiger partial charge on any atom is 0.145 e. The summed E-state index contributed by atoms with van der Waals surface area (Å²) in [5.74, 6) is 0. The molecule has 0 aliphatic heterocycles. The smallest absolute Gasteiger partial charge is 0.145 e. The van der Waals surface area contributed by atoms with Crippen molar-refractivity contribution in [2.24, 2.45) is 0 Å². The van der Waals surface area contributed by atoms with Crippen molar-refractivity contribution >= 4 is 88.6 Å². The van der Waals surface area contributed by atoms with E-state index in [1.807, 2.05) is 0 Å². The van der Waals surface area contributed by atoms with Gasteiger partial charge in [0.1, 0.15) is 11.2 Å². The normalized spacial score (nSPS) is 11.6. The van der Waals surface area contributed by atoms with Crippen LogP contribution in [0.1, 0.15) is 0 Å². The predicted octanol–water partition coefficient (Wildman–Crippen LogP) is 14.8. The molecule has 0 aliphatic carbocycles. The second-order valence-electron chi connectivity index (χ2n) is 14.2. The number of hydrogen-bond donors (Lipinski definition) is 0. The Bertz CT molecular complexity index is 3150. The Labute approximate surface area is 324 Å². The van der Waals surface area contributed by atoms with Gasteiger partial charge in [-0.3, -0.25) is 0 Å². The highest BCUT2D eigenvalue weighted by molar-refractivity contribution is 6.27. The summed E-state index contributed by atoms with van der Waals surface area (Å²) in [4.78, 5) is 4.63. The Morgan fingerprint density at radius 2 is 0.875 bits per heavy atom. The standard InChI is InChI=1S/C52H35N3O/c1-4-16-37(17-5-1)53(38-18-6-2-7-19-38)40-28-30-41(31-29-40)54(39-20-8-3-9-21-39)42-22-14-23-43(35-42)55-47-26-13-12-25-45(47)51-48(55)33-32-46-50-44-24-11-10-15-36(44)27-34-49(50)56-52(46)51/h1-35H. The molecule has 0 bridgehead atoms. The van der Waals surface area contributed by atoms with E-state index < -0.39 is 0 Å². The molecule has 0 N–H and O–H groups in total. The zero-order chi connectivity index (χ0) is 37.0. The first-order valence-corrected chi connectivity index (χ1v) is 19.0. The molecule has 0 aliphatic rings. The van der Waals surface area contributed by atoms with Gasteiger partial charge in [-0.05, 0) is 114 Å². The Morgan fingerprint density at radius 1 is 0.339 bits per heavy atom. The minimum Gasteiger partial charge on any atom is -0.455 e. The second-order valence-corrected chi connectivity index (χ2v) is 14.2. The number of para-hydroxylation sites is 4. The summed E-state index contributed by atoms with van der Waals surface area (Å²) in [7, 11) is 0. The van der Waals surface area contributed by atoms with Crippen molar-refractivity contribution in [1.29, 1.82) is 0 Å². The molecule has 0 fully saturated rings. The van der Waals surface area contributed by atoms with Crippen LogP contribution in [0.25, 0.3) is 60.2 Å². The van der Waals surface area contributed by atoms with Gasteiger partial charge in [-0.25, -0.2) is 0 Å². The van der Waals surface area contributed by atoms with Gasteiger partial charge >= 0.3 is 0 Å². The van der Waals surface area contributed by atoms with Crippen molar-refractivity contribution < 1.29 is 4.42 Å². The molecule has 0 spiro atoms. The van der Waals surface area contributed by atoms with E-state index in [2.05, 4.69) is 227 Å². The summed E-state index contributed by atoms with van der Waals surface area (Å²) < 4.78 is 9.14. The SMILES string of the molecule is c1ccc(N(c2ccccc2)c2ccc(N(c3ccccc3)c3cccc(-n4c5ccccc5c5c6oc7ccc8ccccc8c7c6ccc54)c3)cc2)cc1. The lowest BCUT2D eigenvalue weighted by Crippen LogP contribution is -2.12. The summed E-state index contributed by atoms with van der Waals surface area (Å²) in [6.07, 6.45) is 0. The third-order valence-corrected chi connectivity index (χ3v) is 10.9. The highest BCUT2D eigenvalue weighted by Crippen LogP contribution is 2.44. The molecule has 0 saturated carbocycles. The van der Waals surface area contributed by atoms with Gasteiger partial charge in [-0.1, -0.05) is 109 Å². The predicted molar refractivity (Wildman–Crippen MR) is 235 cm³/mol. The first-order chi connectivity index (χ1) is 27.8. The zero-order valence-corrected chi connectivity index (χ0v) is 30.5. The van der Waals surface area contributed by atoms with Crippen LogP contribution in [0.2, 0.25) is 0 Å². The third-order valence-electron chi connectivity index (χ3n) is 10.9. The fourth-order valence-electron chi connectivity index (χ4n) is 8.48. The van der Waals surface area contributed by atoms with Crippen molar-refractivity contribution in [2.45, 2.75) is 0 Å². The van der Waals surface area contributed by atoms with Gasteiger partial charge in [0.2, 0.25) is 0 Å². The molecule has 4 heteroatoms. The number of aromatic nitrogens is 1. The quantitative estimate of drug-likeness (QED) is 0.164. The van der Waals surface area contributed by atoms with Crippen LogP contribution in [0.15, 0.2) is 217 Å². The van der Waals surface area contributed by atoms with Crippen molar-refractivity contribution in [3.63, 3.8) is 0 Å². The summed E-state index contributed by atoms with van der Waals surface area (Å²) in [6.45, 7) is 0. The lowest BCUT2D eigenvalue weighted by atomic mass is 10.0. The van der Waals surface area contributed by atoms with Crippen molar-refractivity contribution in [1.82, 2.24) is 4.57 Å². The molecule has 0 saturated heterocycles. The van der Waals surface area contributed by atoms with Crippen LogP contribution in [-0.2, 0) is 0 Å². The largest absolute Gasteiger partial charge is 0.455 e. The molecule has 0 radical (unpaired) electrons. The lowest BCUT2D eigenvalue weighted by molar-refractivity contribution is 0.673. The van der Waals surface area contributed by atoms with E-state index in [4.69, 9.17) is 4.42 Å². The molecule has 2 aromatic heterocycles.